The molecule has 0 aromatic carbocycles. The molecule has 0 aliphatic carbocycles. The Kier molecular flexibility index (Phi) is 66.9. The number of phosphoric acid groups is 2. The molecule has 0 aromatic rings. The quantitative estimate of drug-likeness (QED) is 0.0146. The molecule has 18 heteroatoms. The van der Waals surface area contributed by atoms with Crippen LogP contribution in [-0.4, -0.2) is 95.9 Å². The summed E-state index contributed by atoms with van der Waals surface area (Å²) >= 11 is 0. The Morgan fingerprint density at radius 1 is 0.305 bits per heavy atom. The van der Waals surface area contributed by atoms with Crippen molar-refractivity contribution in [2.75, 3.05) is 39.6 Å². The molecule has 5 unspecified atom stereocenters. The Morgan fingerprint density at radius 3 is 0.895 bits per heavy atom. The number of ether oxygens (including phenoxy) is 3. The molecular weight excluding hydrogens is 1240 g/mol. The number of esters is 3. The van der Waals surface area contributed by atoms with Crippen molar-refractivity contribution in [3.05, 3.63) is 122 Å². The van der Waals surface area contributed by atoms with Crippen molar-refractivity contribution >= 4 is 33.6 Å². The third-order valence-electron chi connectivity index (χ3n) is 15.2. The first-order valence-corrected chi connectivity index (χ1v) is 39.8. The standard InChI is InChI=1S/C77H132O16P2/c1-4-7-10-13-16-19-22-25-27-28-29-30-31-32-33-34-35-36-37-38-39-40-41-42-44-47-48-51-54-57-60-63-75(80)87-66-72(78)67-89-94(83,84)90-68-73(79)69-91-95(85,86)92-71-74(93-77(82)65-62-59-56-53-50-45-24-21-18-15-12-9-6-3)70-88-76(81)64-61-58-55-52-49-46-43-26-23-20-17-14-11-8-5-2/h7-8,10-11,16-17,19-21,24-27,29-30,32-33,35-36,43,72-74,78-79H,4-6,9,12-15,18,22-23,28,31,34,37-42,44-71H2,1-3H3,(H,83,84)(H,85,86)/b10-7-,11-8-,19-16-,20-17-,24-21-,27-25-,30-29-,33-32-,36-35-,43-26-. The molecule has 0 amide bonds. The highest BCUT2D eigenvalue weighted by atomic mass is 31.2. The summed E-state index contributed by atoms with van der Waals surface area (Å²) in [6, 6.07) is 0. The van der Waals surface area contributed by atoms with Gasteiger partial charge in [-0.2, -0.15) is 0 Å². The fourth-order valence-electron chi connectivity index (χ4n) is 9.58. The molecule has 0 aliphatic rings. The number of hydrogen-bond donors (Lipinski definition) is 4. The zero-order valence-electron chi connectivity index (χ0n) is 59.3. The average molecular weight is 1380 g/mol. The summed E-state index contributed by atoms with van der Waals surface area (Å²) in [6.45, 7) is 2.40. The van der Waals surface area contributed by atoms with Gasteiger partial charge < -0.3 is 34.2 Å². The van der Waals surface area contributed by atoms with Gasteiger partial charge in [-0.25, -0.2) is 9.13 Å². The van der Waals surface area contributed by atoms with Crippen LogP contribution in [0.15, 0.2) is 122 Å². The Bertz CT molecular complexity index is 2210. The van der Waals surface area contributed by atoms with Gasteiger partial charge in [-0.3, -0.25) is 32.5 Å². The van der Waals surface area contributed by atoms with Crippen LogP contribution in [0.3, 0.4) is 0 Å². The topological polar surface area (TPSA) is 231 Å². The second kappa shape index (κ2) is 69.8. The van der Waals surface area contributed by atoms with Crippen molar-refractivity contribution in [2.24, 2.45) is 0 Å². The molecule has 0 bridgehead atoms. The van der Waals surface area contributed by atoms with Gasteiger partial charge in [0, 0.05) is 19.3 Å². The fourth-order valence-corrected chi connectivity index (χ4v) is 11.2. The molecule has 4 N–H and O–H groups in total. The largest absolute Gasteiger partial charge is 0.472 e. The van der Waals surface area contributed by atoms with Gasteiger partial charge >= 0.3 is 33.6 Å². The molecular formula is C77H132O16P2. The van der Waals surface area contributed by atoms with Crippen molar-refractivity contribution in [3.8, 4) is 0 Å². The number of unbranched alkanes of at least 4 members (excludes halogenated alkanes) is 26. The molecule has 0 radical (unpaired) electrons. The van der Waals surface area contributed by atoms with E-state index in [1.165, 1.54) is 77.0 Å². The van der Waals surface area contributed by atoms with Crippen LogP contribution in [0.5, 0.6) is 0 Å². The Morgan fingerprint density at radius 2 is 0.558 bits per heavy atom. The number of carbonyl (C=O) groups is 3. The summed E-state index contributed by atoms with van der Waals surface area (Å²) in [5.41, 5.74) is 0. The maximum Gasteiger partial charge on any atom is 0.472 e. The molecule has 0 saturated heterocycles. The molecule has 0 fully saturated rings. The zero-order valence-corrected chi connectivity index (χ0v) is 61.1. The first-order valence-electron chi connectivity index (χ1n) is 36.8. The molecule has 0 heterocycles. The number of carbonyl (C=O) groups excluding carboxylic acids is 3. The van der Waals surface area contributed by atoms with Crippen molar-refractivity contribution in [1.29, 1.82) is 0 Å². The molecule has 5 atom stereocenters. The summed E-state index contributed by atoms with van der Waals surface area (Å²) in [5, 5.41) is 20.6. The smallest absolute Gasteiger partial charge is 0.463 e. The third kappa shape index (κ3) is 71.1. The van der Waals surface area contributed by atoms with Crippen LogP contribution in [0, 0.1) is 0 Å². The average Bonchev–Trinajstić information content (AvgIpc) is 1.75. The van der Waals surface area contributed by atoms with E-state index in [1.807, 2.05) is 0 Å². The van der Waals surface area contributed by atoms with Gasteiger partial charge in [0.2, 0.25) is 0 Å². The predicted octanol–water partition coefficient (Wildman–Crippen LogP) is 21.0. The molecule has 95 heavy (non-hydrogen) atoms. The molecule has 546 valence electrons. The highest BCUT2D eigenvalue weighted by molar-refractivity contribution is 7.47. The summed E-state index contributed by atoms with van der Waals surface area (Å²) in [7, 11) is -9.78. The second-order valence-corrected chi connectivity index (χ2v) is 27.2. The van der Waals surface area contributed by atoms with Crippen LogP contribution in [0.1, 0.15) is 290 Å². The van der Waals surface area contributed by atoms with E-state index in [0.717, 1.165) is 154 Å². The van der Waals surface area contributed by atoms with Crippen molar-refractivity contribution in [3.63, 3.8) is 0 Å². The number of rotatable bonds is 69. The van der Waals surface area contributed by atoms with Gasteiger partial charge in [0.15, 0.2) is 6.10 Å². The molecule has 0 rings (SSSR count). The lowest BCUT2D eigenvalue weighted by atomic mass is 10.0. The van der Waals surface area contributed by atoms with Gasteiger partial charge in [-0.15, -0.1) is 0 Å². The molecule has 0 saturated carbocycles. The maximum atomic E-state index is 12.9. The predicted molar refractivity (Wildman–Crippen MR) is 390 cm³/mol. The zero-order chi connectivity index (χ0) is 69.5. The van der Waals surface area contributed by atoms with Crippen LogP contribution in [0.2, 0.25) is 0 Å². The van der Waals surface area contributed by atoms with Crippen LogP contribution in [-0.2, 0) is 55.8 Å². The third-order valence-corrected chi connectivity index (χ3v) is 17.1. The molecule has 0 aromatic heterocycles. The molecule has 16 nitrogen and oxygen atoms in total. The highest BCUT2D eigenvalue weighted by Gasteiger charge is 2.29. The first kappa shape index (κ1) is 91.0. The van der Waals surface area contributed by atoms with E-state index in [1.54, 1.807) is 0 Å². The number of aliphatic hydroxyl groups excluding tert-OH is 2. The van der Waals surface area contributed by atoms with Gasteiger partial charge in [0.05, 0.1) is 26.4 Å². The minimum absolute atomic E-state index is 0.0897. The van der Waals surface area contributed by atoms with Crippen LogP contribution in [0.25, 0.3) is 0 Å². The SMILES string of the molecule is CC/C=C\C/C=C\C/C=C\C/C=C\C/C=C\C/C=C\CCCCCCCCCCCCCCC(=O)OCC(O)COP(=O)(O)OCC(O)COP(=O)(O)OCC(COC(=O)CCCCCCC/C=C\C/C=C\C/C=C\CC)OC(=O)CCCCCCC/C=C\CCCCCC. The normalized spacial score (nSPS) is 14.8. The lowest BCUT2D eigenvalue weighted by molar-refractivity contribution is -0.161. The van der Waals surface area contributed by atoms with Gasteiger partial charge in [0.1, 0.15) is 25.4 Å². The fraction of sp³-hybridized carbons (Fsp3) is 0.701. The molecule has 0 aliphatic heterocycles. The van der Waals surface area contributed by atoms with Crippen molar-refractivity contribution in [1.82, 2.24) is 0 Å². The summed E-state index contributed by atoms with van der Waals surface area (Å²) in [4.78, 5) is 58.4. The van der Waals surface area contributed by atoms with E-state index in [9.17, 15) is 43.5 Å². The monoisotopic (exact) mass is 1370 g/mol. The van der Waals surface area contributed by atoms with E-state index < -0.39 is 91.5 Å². The number of phosphoric ester groups is 2. The summed E-state index contributed by atoms with van der Waals surface area (Å²) < 4.78 is 60.9. The molecule has 0 spiro atoms. The summed E-state index contributed by atoms with van der Waals surface area (Å²) in [5.74, 6) is -1.61. The van der Waals surface area contributed by atoms with Crippen molar-refractivity contribution < 1.29 is 75.8 Å². The van der Waals surface area contributed by atoms with Crippen LogP contribution < -0.4 is 0 Å². The van der Waals surface area contributed by atoms with Crippen LogP contribution >= 0.6 is 15.6 Å². The minimum Gasteiger partial charge on any atom is -0.463 e. The lowest BCUT2D eigenvalue weighted by Crippen LogP contribution is -2.30. The number of hydrogen-bond acceptors (Lipinski definition) is 14. The Balaban J connectivity index is 4.43. The van der Waals surface area contributed by atoms with E-state index >= 15 is 0 Å². The van der Waals surface area contributed by atoms with Crippen LogP contribution in [0.4, 0.5) is 0 Å². The maximum absolute atomic E-state index is 12.9. The van der Waals surface area contributed by atoms with E-state index in [-0.39, 0.29) is 19.3 Å². The number of allylic oxidation sites excluding steroid dienone is 20. The summed E-state index contributed by atoms with van der Waals surface area (Å²) in [6.07, 6.45) is 81.2. The van der Waals surface area contributed by atoms with E-state index in [4.69, 9.17) is 32.3 Å². The Labute approximate surface area is 576 Å². The number of aliphatic hydroxyl groups is 2. The van der Waals surface area contributed by atoms with E-state index in [0.29, 0.717) is 19.3 Å². The van der Waals surface area contributed by atoms with Gasteiger partial charge in [-0.1, -0.05) is 264 Å². The lowest BCUT2D eigenvalue weighted by Gasteiger charge is -2.21. The second-order valence-electron chi connectivity index (χ2n) is 24.3. The minimum atomic E-state index is -4.93. The van der Waals surface area contributed by atoms with Gasteiger partial charge in [0.25, 0.3) is 0 Å². The Hall–Kier alpha value is -4.05. The first-order chi connectivity index (χ1) is 46.2. The van der Waals surface area contributed by atoms with Gasteiger partial charge in [-0.05, 0) is 128 Å². The highest BCUT2D eigenvalue weighted by Crippen LogP contribution is 2.45. The van der Waals surface area contributed by atoms with E-state index in [2.05, 4.69) is 142 Å². The van der Waals surface area contributed by atoms with Crippen molar-refractivity contribution in [2.45, 2.75) is 309 Å².